The second-order valence-electron chi connectivity index (χ2n) is 30.2. The maximum Gasteiger partial charge on any atom is 0.0540 e. The normalized spacial score (nSPS) is 13.0. The summed E-state index contributed by atoms with van der Waals surface area (Å²) in [5.41, 5.74) is 30.8. The van der Waals surface area contributed by atoms with Crippen LogP contribution in [-0.2, 0) is 17.3 Å². The highest BCUT2D eigenvalue weighted by molar-refractivity contribution is 5.92. The van der Waals surface area contributed by atoms with Gasteiger partial charge in [0.1, 0.15) is 0 Å². The third kappa shape index (κ3) is 16.9. The molecule has 12 rings (SSSR count). The lowest BCUT2D eigenvalue weighted by Crippen LogP contribution is -2.27. The first-order valence-corrected chi connectivity index (χ1v) is 40.0. The minimum Gasteiger partial charge on any atom is -0.311 e. The van der Waals surface area contributed by atoms with Crippen molar-refractivity contribution in [3.05, 3.63) is 281 Å². The molecule has 0 saturated heterocycles. The first kappa shape index (κ1) is 72.3. The third-order valence-electron chi connectivity index (χ3n) is 23.0. The lowest BCUT2D eigenvalue weighted by molar-refractivity contribution is 0.394. The molecular weight excluding hydrogens is 1220 g/mol. The van der Waals surface area contributed by atoms with E-state index >= 15 is 0 Å². The molecule has 0 bridgehead atoms. The van der Waals surface area contributed by atoms with E-state index in [2.05, 4.69) is 282 Å². The van der Waals surface area contributed by atoms with Gasteiger partial charge in [-0.15, -0.1) is 0 Å². The van der Waals surface area contributed by atoms with Gasteiger partial charge in [0.15, 0.2) is 0 Å². The van der Waals surface area contributed by atoms with E-state index in [0.717, 1.165) is 40.4 Å². The second-order valence-corrected chi connectivity index (χ2v) is 30.2. The number of hydrogen-bond donors (Lipinski definition) is 0. The molecule has 0 aromatic heterocycles. The van der Waals surface area contributed by atoms with E-state index < -0.39 is 0 Å². The molecule has 2 aliphatic carbocycles. The molecular formula is C99H116N2. The smallest absolute Gasteiger partial charge is 0.0540 e. The fourth-order valence-electron chi connectivity index (χ4n) is 17.3. The number of nitrogens with zero attached hydrogens (tertiary/aromatic N) is 2. The standard InChI is InChI=1S/C99H116N2/c1-8-13-17-21-25-34-66-98(67-35-26-22-18-14-9-2)93-71-79(70-78-48-60-85(61-49-78)100(83-54-42-75(6)43-55-83)84-58-46-77(12-5)47-59-84)50-64-89(93)91-73-96-92(74-95(91)98)90-65-53-82(72-94(90)99(96,68-36-27-23-19-15-10-3)69-37-28-24-20-16-11-4)80-51-62-87(63-52-80)101(86-56-44-76(7)45-57-86)97-41-33-32-40-88(97)81-38-30-29-31-39-81/h12,29-33,38-65,71-74H,5,8-11,13-28,34-37,66-70H2,1-4,6-7H3. The van der Waals surface area contributed by atoms with Crippen LogP contribution in [-0.4, -0.2) is 0 Å². The Balaban J connectivity index is 0.965. The summed E-state index contributed by atoms with van der Waals surface area (Å²) in [5.74, 6) is 0. The maximum atomic E-state index is 4.04. The van der Waals surface area contributed by atoms with Gasteiger partial charge < -0.3 is 9.80 Å². The highest BCUT2D eigenvalue weighted by atomic mass is 15.1. The predicted octanol–water partition coefficient (Wildman–Crippen LogP) is 30.3. The molecule has 0 aliphatic heterocycles. The van der Waals surface area contributed by atoms with Crippen LogP contribution >= 0.6 is 0 Å². The molecule has 2 heteroatoms. The molecule has 101 heavy (non-hydrogen) atoms. The summed E-state index contributed by atoms with van der Waals surface area (Å²) in [6, 6.07) is 87.0. The Morgan fingerprint density at radius 3 is 1.13 bits per heavy atom. The minimum absolute atomic E-state index is 0.0650. The van der Waals surface area contributed by atoms with Crippen LogP contribution < -0.4 is 9.80 Å². The molecule has 10 aromatic carbocycles. The number of unbranched alkanes of at least 4 members (excludes halogenated alkanes) is 20. The molecule has 0 radical (unpaired) electrons. The van der Waals surface area contributed by atoms with E-state index in [1.165, 1.54) is 252 Å². The average molecular weight is 1330 g/mol. The van der Waals surface area contributed by atoms with Crippen molar-refractivity contribution in [1.29, 1.82) is 0 Å². The van der Waals surface area contributed by atoms with Gasteiger partial charge in [0.2, 0.25) is 0 Å². The van der Waals surface area contributed by atoms with Crippen LogP contribution in [0, 0.1) is 13.8 Å². The molecule has 0 fully saturated rings. The van der Waals surface area contributed by atoms with Gasteiger partial charge >= 0.3 is 0 Å². The van der Waals surface area contributed by atoms with Crippen molar-refractivity contribution in [2.45, 2.75) is 239 Å². The number of para-hydroxylation sites is 1. The van der Waals surface area contributed by atoms with Crippen molar-refractivity contribution >= 4 is 40.2 Å². The Bertz CT molecular complexity index is 4190. The Morgan fingerprint density at radius 1 is 0.287 bits per heavy atom. The van der Waals surface area contributed by atoms with Crippen molar-refractivity contribution in [3.8, 4) is 44.5 Å². The summed E-state index contributed by atoms with van der Waals surface area (Å²) in [4.78, 5) is 4.85. The monoisotopic (exact) mass is 1330 g/mol. The van der Waals surface area contributed by atoms with Crippen molar-refractivity contribution in [1.82, 2.24) is 0 Å². The summed E-state index contributed by atoms with van der Waals surface area (Å²) in [6.07, 6.45) is 38.9. The van der Waals surface area contributed by atoms with E-state index in [1.807, 2.05) is 6.08 Å². The van der Waals surface area contributed by atoms with Crippen LogP contribution in [0.3, 0.4) is 0 Å². The molecule has 10 aromatic rings. The number of anilines is 6. The van der Waals surface area contributed by atoms with E-state index in [-0.39, 0.29) is 10.8 Å². The van der Waals surface area contributed by atoms with Gasteiger partial charge in [-0.1, -0.05) is 345 Å². The van der Waals surface area contributed by atoms with Crippen LogP contribution in [0.25, 0.3) is 50.6 Å². The van der Waals surface area contributed by atoms with Crippen LogP contribution in [0.4, 0.5) is 34.1 Å². The number of hydrogen-bond acceptors (Lipinski definition) is 2. The Morgan fingerprint density at radius 2 is 0.653 bits per heavy atom. The second kappa shape index (κ2) is 35.4. The van der Waals surface area contributed by atoms with Crippen LogP contribution in [0.2, 0.25) is 0 Å². The largest absolute Gasteiger partial charge is 0.311 e. The molecule has 0 amide bonds. The molecule has 0 unspecified atom stereocenters. The first-order valence-electron chi connectivity index (χ1n) is 40.0. The molecule has 0 N–H and O–H groups in total. The maximum absolute atomic E-state index is 4.04. The van der Waals surface area contributed by atoms with Gasteiger partial charge in [-0.2, -0.15) is 0 Å². The summed E-state index contributed by atoms with van der Waals surface area (Å²) in [7, 11) is 0. The molecule has 0 spiro atoms. The van der Waals surface area contributed by atoms with Crippen LogP contribution in [0.1, 0.15) is 258 Å². The van der Waals surface area contributed by atoms with Gasteiger partial charge in [-0.05, 0) is 209 Å². The third-order valence-corrected chi connectivity index (χ3v) is 23.0. The van der Waals surface area contributed by atoms with E-state index in [1.54, 1.807) is 22.3 Å². The summed E-state index contributed by atoms with van der Waals surface area (Å²) in [5, 5.41) is 0. The Labute approximate surface area is 610 Å². The first-order chi connectivity index (χ1) is 49.7. The fraction of sp³-hybridized carbons (Fsp3) is 0.374. The molecule has 522 valence electrons. The lowest BCUT2D eigenvalue weighted by Gasteiger charge is -2.35. The van der Waals surface area contributed by atoms with E-state index in [0.29, 0.717) is 0 Å². The number of aryl methyl sites for hydroxylation is 2. The highest BCUT2D eigenvalue weighted by Crippen LogP contribution is 2.62. The Hall–Kier alpha value is -8.46. The highest BCUT2D eigenvalue weighted by Gasteiger charge is 2.48. The number of benzene rings is 10. The van der Waals surface area contributed by atoms with Crippen LogP contribution in [0.5, 0.6) is 0 Å². The van der Waals surface area contributed by atoms with E-state index in [9.17, 15) is 0 Å². The fourth-order valence-corrected chi connectivity index (χ4v) is 17.3. The van der Waals surface area contributed by atoms with Crippen molar-refractivity contribution < 1.29 is 0 Å². The molecule has 0 heterocycles. The van der Waals surface area contributed by atoms with Gasteiger partial charge in [0, 0.05) is 44.8 Å². The van der Waals surface area contributed by atoms with Crippen molar-refractivity contribution in [2.75, 3.05) is 9.80 Å². The quantitative estimate of drug-likeness (QED) is 0.0354. The predicted molar refractivity (Wildman–Crippen MR) is 440 cm³/mol. The van der Waals surface area contributed by atoms with Crippen molar-refractivity contribution in [3.63, 3.8) is 0 Å². The van der Waals surface area contributed by atoms with Gasteiger partial charge in [0.05, 0.1) is 5.69 Å². The van der Waals surface area contributed by atoms with Crippen LogP contribution in [0.15, 0.2) is 231 Å². The summed E-state index contributed by atoms with van der Waals surface area (Å²) in [6.45, 7) is 17.8. The zero-order chi connectivity index (χ0) is 69.8. The number of rotatable bonds is 39. The zero-order valence-electron chi connectivity index (χ0n) is 62.5. The van der Waals surface area contributed by atoms with Gasteiger partial charge in [0.25, 0.3) is 0 Å². The zero-order valence-corrected chi connectivity index (χ0v) is 62.5. The topological polar surface area (TPSA) is 6.48 Å². The minimum atomic E-state index is -0.0886. The molecule has 2 nitrogen and oxygen atoms in total. The molecule has 0 saturated carbocycles. The summed E-state index contributed by atoms with van der Waals surface area (Å²) >= 11 is 0. The van der Waals surface area contributed by atoms with Crippen molar-refractivity contribution in [2.24, 2.45) is 0 Å². The van der Waals surface area contributed by atoms with Gasteiger partial charge in [-0.25, -0.2) is 0 Å². The Kier molecular flexibility index (Phi) is 25.4. The molecule has 2 aliphatic rings. The van der Waals surface area contributed by atoms with E-state index in [4.69, 9.17) is 0 Å². The average Bonchev–Trinajstić information content (AvgIpc) is 1.53. The molecule has 0 atom stereocenters. The SMILES string of the molecule is C=Cc1ccc(N(c2ccc(C)cc2)c2ccc(Cc3ccc4c(c3)C(CCCCCCCC)(CCCCCCCC)c3cc5c(cc3-4)C(CCCCCCCC)(CCCCCCCC)c3cc(-c4ccc(N(c6ccc(C)cc6)c6ccccc6-c6ccccc6)cc4)ccc3-5)cc2)cc1. The van der Waals surface area contributed by atoms with Gasteiger partial charge in [-0.3, -0.25) is 0 Å². The lowest BCUT2D eigenvalue weighted by atomic mass is 9.68. The summed E-state index contributed by atoms with van der Waals surface area (Å²) < 4.78 is 0. The number of fused-ring (bicyclic) bond motifs is 6.